The van der Waals surface area contributed by atoms with Crippen LogP contribution in [0.4, 0.5) is 8.78 Å². The molecule has 1 rings (SSSR count). The molecule has 12 heteroatoms. The first-order valence-corrected chi connectivity index (χ1v) is 9.11. The van der Waals surface area contributed by atoms with E-state index in [9.17, 15) is 25.6 Å². The maximum Gasteiger partial charge on any atom is 0.363 e. The van der Waals surface area contributed by atoms with E-state index in [1.54, 1.807) is 0 Å². The Bertz CT molecular complexity index is 830. The van der Waals surface area contributed by atoms with Crippen LogP contribution in [0.5, 0.6) is 0 Å². The van der Waals surface area contributed by atoms with Gasteiger partial charge in [0.25, 0.3) is 0 Å². The first-order chi connectivity index (χ1) is 10.3. The Kier molecular flexibility index (Phi) is 5.31. The van der Waals surface area contributed by atoms with E-state index in [0.717, 1.165) is 0 Å². The maximum atomic E-state index is 13.4. The lowest BCUT2D eigenvalue weighted by molar-refractivity contribution is 0.334. The number of halogens is 2. The van der Waals surface area contributed by atoms with E-state index in [4.69, 9.17) is 5.73 Å². The Balaban J connectivity index is 2.99. The minimum Gasteiger partial charge on any atom is -0.384 e. The van der Waals surface area contributed by atoms with Crippen molar-refractivity contribution in [2.24, 2.45) is 10.9 Å². The molecule has 0 saturated heterocycles. The highest BCUT2D eigenvalue weighted by atomic mass is 32.2. The van der Waals surface area contributed by atoms with Crippen LogP contribution in [0.15, 0.2) is 22.3 Å². The number of hydrogen-bond acceptors (Lipinski definition) is 7. The van der Waals surface area contributed by atoms with Crippen LogP contribution in [0.3, 0.4) is 0 Å². The summed E-state index contributed by atoms with van der Waals surface area (Å²) >= 11 is 0. The number of pyridine rings is 1. The number of oxime groups is 1. The number of hydrogen-bond donors (Lipinski definition) is 1. The van der Waals surface area contributed by atoms with Crippen LogP contribution >= 0.6 is 0 Å². The Morgan fingerprint density at radius 3 is 2.35 bits per heavy atom. The maximum absolute atomic E-state index is 13.4. The van der Waals surface area contributed by atoms with Gasteiger partial charge in [-0.1, -0.05) is 5.16 Å². The van der Waals surface area contributed by atoms with Gasteiger partial charge in [-0.15, -0.1) is 0 Å². The fourth-order valence-corrected chi connectivity index (χ4v) is 2.78. The predicted molar refractivity (Wildman–Crippen MR) is 77.6 cm³/mol. The Labute approximate surface area is 132 Å². The van der Waals surface area contributed by atoms with Gasteiger partial charge in [-0.3, -0.25) is 4.28 Å². The minimum atomic E-state index is -4.76. The second kappa shape index (κ2) is 6.35. The Morgan fingerprint density at radius 1 is 1.30 bits per heavy atom. The summed E-state index contributed by atoms with van der Waals surface area (Å²) in [5.74, 6) is -4.05. The van der Waals surface area contributed by atoms with Crippen molar-refractivity contribution in [3.63, 3.8) is 0 Å². The number of amidine groups is 1. The lowest BCUT2D eigenvalue weighted by atomic mass is 10.3. The van der Waals surface area contributed by atoms with E-state index < -0.39 is 53.0 Å². The highest BCUT2D eigenvalue weighted by molar-refractivity contribution is 7.93. The number of aromatic nitrogens is 1. The second-order valence-corrected chi connectivity index (χ2v) is 9.66. The monoisotopic (exact) mass is 371 g/mol. The standard InChI is InChI=1S/C11H15F2N3O5S2/c1-11(2,3)22(17,18)6-10(14)16-21-23(19,20)8-5-15-9(13)4-7(8)12/h4-5H,6H2,1-3H3,(H2,14,16). The number of rotatable bonds is 5. The fourth-order valence-electron chi connectivity index (χ4n) is 1.15. The van der Waals surface area contributed by atoms with Crippen molar-refractivity contribution in [2.45, 2.75) is 30.4 Å². The third-order valence-electron chi connectivity index (χ3n) is 2.58. The van der Waals surface area contributed by atoms with Crippen LogP contribution < -0.4 is 5.73 Å². The van der Waals surface area contributed by atoms with Crippen LogP contribution in [0.1, 0.15) is 20.8 Å². The molecule has 0 atom stereocenters. The van der Waals surface area contributed by atoms with Crippen LogP contribution in [-0.4, -0.2) is 38.2 Å². The minimum absolute atomic E-state index is 0.243. The van der Waals surface area contributed by atoms with Crippen LogP contribution in [0.25, 0.3) is 0 Å². The van der Waals surface area contributed by atoms with Crippen molar-refractivity contribution >= 4 is 25.8 Å². The van der Waals surface area contributed by atoms with Gasteiger partial charge in [-0.05, 0) is 20.8 Å². The number of nitrogens with two attached hydrogens (primary N) is 1. The molecule has 1 aromatic heterocycles. The Morgan fingerprint density at radius 2 is 1.87 bits per heavy atom. The number of nitrogens with zero attached hydrogens (tertiary/aromatic N) is 2. The zero-order valence-electron chi connectivity index (χ0n) is 12.4. The molecule has 0 saturated carbocycles. The first-order valence-electron chi connectivity index (χ1n) is 6.05. The molecule has 130 valence electrons. The number of sulfone groups is 1. The van der Waals surface area contributed by atoms with Gasteiger partial charge in [-0.2, -0.15) is 12.8 Å². The van der Waals surface area contributed by atoms with Crippen LogP contribution in [0.2, 0.25) is 0 Å². The summed E-state index contributed by atoms with van der Waals surface area (Å²) in [6.07, 6.45) is 0.400. The summed E-state index contributed by atoms with van der Waals surface area (Å²) in [5, 5.41) is 2.97. The highest BCUT2D eigenvalue weighted by Gasteiger charge is 2.30. The van der Waals surface area contributed by atoms with Crippen LogP contribution in [0, 0.1) is 11.8 Å². The zero-order valence-corrected chi connectivity index (χ0v) is 14.1. The van der Waals surface area contributed by atoms with E-state index in [1.165, 1.54) is 20.8 Å². The lowest BCUT2D eigenvalue weighted by Gasteiger charge is -2.18. The summed E-state index contributed by atoms with van der Waals surface area (Å²) in [7, 11) is -8.47. The van der Waals surface area contributed by atoms with Gasteiger partial charge in [0, 0.05) is 6.07 Å². The van der Waals surface area contributed by atoms with E-state index >= 15 is 0 Å². The molecule has 2 N–H and O–H groups in total. The lowest BCUT2D eigenvalue weighted by Crippen LogP contribution is -2.36. The molecule has 23 heavy (non-hydrogen) atoms. The molecular formula is C11H15F2N3O5S2. The van der Waals surface area contributed by atoms with Crippen molar-refractivity contribution in [3.8, 4) is 0 Å². The van der Waals surface area contributed by atoms with E-state index in [1.807, 2.05) is 0 Å². The van der Waals surface area contributed by atoms with Crippen molar-refractivity contribution in [3.05, 3.63) is 24.0 Å². The van der Waals surface area contributed by atoms with E-state index in [-0.39, 0.29) is 6.07 Å². The summed E-state index contributed by atoms with van der Waals surface area (Å²) < 4.78 is 76.1. The molecule has 1 aromatic rings. The third-order valence-corrected chi connectivity index (χ3v) is 6.23. The van der Waals surface area contributed by atoms with Crippen LogP contribution in [-0.2, 0) is 24.2 Å². The molecule has 1 heterocycles. The third kappa shape index (κ3) is 4.82. The van der Waals surface area contributed by atoms with Gasteiger partial charge in [-0.25, -0.2) is 17.8 Å². The van der Waals surface area contributed by atoms with Gasteiger partial charge in [0.2, 0.25) is 5.95 Å². The van der Waals surface area contributed by atoms with Crippen molar-refractivity contribution in [2.75, 3.05) is 5.75 Å². The molecule has 0 radical (unpaired) electrons. The van der Waals surface area contributed by atoms with Gasteiger partial charge >= 0.3 is 10.1 Å². The molecule has 0 bridgehead atoms. The predicted octanol–water partition coefficient (Wildman–Crippen LogP) is 0.551. The largest absolute Gasteiger partial charge is 0.384 e. The SMILES string of the molecule is CC(C)(C)S(=O)(=O)CC(N)=NOS(=O)(=O)c1cnc(F)cc1F. The quantitative estimate of drug-likeness (QED) is 0.346. The Hall–Kier alpha value is -1.82. The molecule has 0 aromatic carbocycles. The average Bonchev–Trinajstić information content (AvgIpc) is 2.34. The summed E-state index contributed by atoms with van der Waals surface area (Å²) in [6.45, 7) is 4.27. The molecule has 0 amide bonds. The molecule has 8 nitrogen and oxygen atoms in total. The van der Waals surface area contributed by atoms with Crippen molar-refractivity contribution in [1.29, 1.82) is 0 Å². The molecule has 0 unspecified atom stereocenters. The molecule has 0 aliphatic carbocycles. The van der Waals surface area contributed by atoms with Crippen molar-refractivity contribution in [1.82, 2.24) is 4.98 Å². The summed E-state index contributed by atoms with van der Waals surface area (Å²) in [4.78, 5) is 1.92. The average molecular weight is 371 g/mol. The van der Waals surface area contributed by atoms with Gasteiger partial charge in [0.05, 0.1) is 10.9 Å². The zero-order chi connectivity index (χ0) is 18.1. The second-order valence-electron chi connectivity index (χ2n) is 5.42. The van der Waals surface area contributed by atoms with Gasteiger partial charge < -0.3 is 5.73 Å². The summed E-state index contributed by atoms with van der Waals surface area (Å²) in [5.41, 5.74) is 5.32. The van der Waals surface area contributed by atoms with Crippen molar-refractivity contribution < 1.29 is 29.9 Å². The van der Waals surface area contributed by atoms with E-state index in [2.05, 4.69) is 14.4 Å². The van der Waals surface area contributed by atoms with E-state index in [0.29, 0.717) is 6.20 Å². The fraction of sp³-hybridized carbons (Fsp3) is 0.455. The van der Waals surface area contributed by atoms with Gasteiger partial charge in [0.15, 0.2) is 26.4 Å². The molecular weight excluding hydrogens is 356 g/mol. The topological polar surface area (TPSA) is 129 Å². The smallest absolute Gasteiger partial charge is 0.363 e. The first kappa shape index (κ1) is 19.2. The summed E-state index contributed by atoms with van der Waals surface area (Å²) in [6, 6.07) is 0.243. The normalized spacial score (nSPS) is 13.9. The molecule has 0 aliphatic rings. The molecule has 0 spiro atoms. The highest BCUT2D eigenvalue weighted by Crippen LogP contribution is 2.18. The molecule has 0 fully saturated rings. The molecule has 0 aliphatic heterocycles. The van der Waals surface area contributed by atoms with Gasteiger partial charge in [0.1, 0.15) is 5.75 Å².